The molecule has 0 aliphatic carbocycles. The van der Waals surface area contributed by atoms with E-state index >= 15 is 0 Å². The molecule has 0 amide bonds. The van der Waals surface area contributed by atoms with Gasteiger partial charge in [-0.3, -0.25) is 67.5 Å². The maximum atomic E-state index is 9.28. The maximum absolute atomic E-state index is 9.28. The van der Waals surface area contributed by atoms with Gasteiger partial charge in [-0.2, -0.15) is 0 Å². The van der Waals surface area contributed by atoms with Crippen molar-refractivity contribution in [2.75, 3.05) is 0 Å². The van der Waals surface area contributed by atoms with E-state index in [1.165, 1.54) is 0 Å². The third kappa shape index (κ3) is 1150. The van der Waals surface area contributed by atoms with Crippen molar-refractivity contribution in [3.63, 3.8) is 0 Å². The lowest BCUT2D eigenvalue weighted by molar-refractivity contribution is -0.345. The Morgan fingerprint density at radius 1 is 0.483 bits per heavy atom. The summed E-state index contributed by atoms with van der Waals surface area (Å²) in [5, 5.41) is 54.7. The Kier molecular flexibility index (Phi) is 37.5. The highest BCUT2D eigenvalue weighted by Crippen LogP contribution is 1.66. The SMILES string of the molecule is NC(N)=[NH2+].NC(N)=[NH2+].NC(N)=[NH2+].NC(N)=[NH2+].O=C([O-])C(=O)[O-].O=C([O-])CC(=O)[O-]. The Morgan fingerprint density at radius 2 is 0.586 bits per heavy atom. The predicted molar refractivity (Wildman–Crippen MR) is 85.9 cm³/mol. The molecule has 0 bridgehead atoms. The van der Waals surface area contributed by atoms with Crippen LogP contribution in [0.1, 0.15) is 6.42 Å². The molecule has 0 aliphatic rings. The summed E-state index contributed by atoms with van der Waals surface area (Å²) >= 11 is 0. The normalized spacial score (nSPS) is 6.76. The molecule has 0 radical (unpaired) electrons. The summed E-state index contributed by atoms with van der Waals surface area (Å²) in [4.78, 5) is 36.4. The fraction of sp³-hybridized carbons (Fsp3) is 0.111. The summed E-state index contributed by atoms with van der Waals surface area (Å²) in [5.41, 5.74) is 36.7. The molecule has 20 nitrogen and oxygen atoms in total. The average Bonchev–Trinajstić information content (AvgIpc) is 2.34. The number of aliphatic carboxylic acids is 4. The molecule has 0 atom stereocenters. The van der Waals surface area contributed by atoms with Gasteiger partial charge in [-0.15, -0.1) is 0 Å². The minimum absolute atomic E-state index is 0.0833. The molecule has 0 rings (SSSR count). The molecule has 0 aliphatic heterocycles. The summed E-state index contributed by atoms with van der Waals surface area (Å²) in [7, 11) is 0. The van der Waals surface area contributed by atoms with Crippen LogP contribution in [0.15, 0.2) is 0 Å². The minimum Gasteiger partial charge on any atom is -0.550 e. The van der Waals surface area contributed by atoms with E-state index in [4.69, 9.17) is 19.8 Å². The number of rotatable bonds is 2. The molecule has 0 fully saturated rings. The smallest absolute Gasteiger partial charge is 0.336 e. The first-order chi connectivity index (χ1) is 12.7. The summed E-state index contributed by atoms with van der Waals surface area (Å²) in [6.45, 7) is 0. The fourth-order valence-electron chi connectivity index (χ4n) is 0.118. The van der Waals surface area contributed by atoms with E-state index in [0.29, 0.717) is 0 Å². The number of hydrogen-bond acceptors (Lipinski definition) is 8. The highest BCUT2D eigenvalue weighted by Gasteiger charge is 1.81. The quantitative estimate of drug-likeness (QED) is 0.0836. The molecule has 24 N–H and O–H groups in total. The van der Waals surface area contributed by atoms with Gasteiger partial charge in [-0.1, -0.05) is 0 Å². The highest BCUT2D eigenvalue weighted by molar-refractivity contribution is 6.25. The lowest BCUT2D eigenvalue weighted by Gasteiger charge is -1.99. The molecule has 170 valence electrons. The lowest BCUT2D eigenvalue weighted by Crippen LogP contribution is -2.51. The van der Waals surface area contributed by atoms with Crippen molar-refractivity contribution in [2.45, 2.75) is 6.42 Å². The zero-order chi connectivity index (χ0) is 25.3. The molecule has 20 heteroatoms. The number of guanidine groups is 4. The van der Waals surface area contributed by atoms with Crippen LogP contribution < -0.4 is 87.9 Å². The van der Waals surface area contributed by atoms with Crippen LogP contribution in [-0.4, -0.2) is 47.7 Å². The third-order valence-corrected chi connectivity index (χ3v) is 0.455. The Balaban J connectivity index is -0.0000000558. The average molecular weight is 430 g/mol. The molecule has 0 unspecified atom stereocenters. The van der Waals surface area contributed by atoms with Crippen molar-refractivity contribution in [3.8, 4) is 0 Å². The maximum Gasteiger partial charge on any atom is 0.336 e. The Morgan fingerprint density at radius 3 is 0.586 bits per heavy atom. The van der Waals surface area contributed by atoms with Gasteiger partial charge in [0.1, 0.15) is 0 Å². The van der Waals surface area contributed by atoms with Crippen molar-refractivity contribution < 1.29 is 61.2 Å². The Bertz CT molecular complexity index is 476. The van der Waals surface area contributed by atoms with Gasteiger partial charge in [0, 0.05) is 18.4 Å². The van der Waals surface area contributed by atoms with E-state index in [1.54, 1.807) is 0 Å². The monoisotopic (exact) mass is 430 g/mol. The zero-order valence-corrected chi connectivity index (χ0v) is 14.9. The first-order valence-electron chi connectivity index (χ1n) is 6.05. The first-order valence-corrected chi connectivity index (χ1v) is 6.05. The van der Waals surface area contributed by atoms with E-state index in [9.17, 15) is 19.8 Å². The molecule has 0 spiro atoms. The minimum atomic E-state index is -2.19. The molecule has 0 aromatic heterocycles. The van der Waals surface area contributed by atoms with Crippen LogP contribution in [0.5, 0.6) is 0 Å². The van der Waals surface area contributed by atoms with Crippen LogP contribution >= 0.6 is 0 Å². The number of carboxylic acid groups (broad SMARTS) is 4. The molecule has 0 saturated carbocycles. The van der Waals surface area contributed by atoms with Crippen molar-refractivity contribution in [3.05, 3.63) is 0 Å². The van der Waals surface area contributed by atoms with Gasteiger partial charge in [0.05, 0.1) is 11.9 Å². The summed E-state index contributed by atoms with van der Waals surface area (Å²) in [5.74, 6) is -7.95. The molecule has 0 saturated heterocycles. The zero-order valence-electron chi connectivity index (χ0n) is 14.9. The lowest BCUT2D eigenvalue weighted by atomic mass is 10.5. The van der Waals surface area contributed by atoms with E-state index < -0.39 is 30.3 Å². The van der Waals surface area contributed by atoms with Crippen LogP contribution in [0.2, 0.25) is 0 Å². The molecule has 29 heavy (non-hydrogen) atoms. The number of carbonyl (C=O) groups is 4. The first kappa shape index (κ1) is 39.2. The van der Waals surface area contributed by atoms with Gasteiger partial charge >= 0.3 is 23.8 Å². The van der Waals surface area contributed by atoms with Gasteiger partial charge in [0.15, 0.2) is 0 Å². The highest BCUT2D eigenvalue weighted by atomic mass is 16.4. The van der Waals surface area contributed by atoms with Crippen molar-refractivity contribution in [1.82, 2.24) is 0 Å². The molecule has 0 aromatic rings. The van der Waals surface area contributed by atoms with Gasteiger partial charge in [-0.25, -0.2) is 0 Å². The largest absolute Gasteiger partial charge is 0.550 e. The summed E-state index contributed by atoms with van der Waals surface area (Å²) < 4.78 is 0. The molecule has 0 heterocycles. The fourth-order valence-corrected chi connectivity index (χ4v) is 0.118. The summed E-state index contributed by atoms with van der Waals surface area (Å²) in [6.07, 6.45) is -1.03. The number of carbonyl (C=O) groups excluding carboxylic acids is 4. The standard InChI is InChI=1S/C3H4O4.C2H2O4.4CH5N3/c4-2(5)1-3(6)7;3-1(4)2(5)6;4*2-1(3)4/h1H2,(H,4,5)(H,6,7);(H,3,4)(H,5,6);4*(H5,2,3,4). The summed E-state index contributed by atoms with van der Waals surface area (Å²) in [6, 6.07) is 0. The third-order valence-electron chi connectivity index (χ3n) is 0.455. The number of nitrogens with two attached hydrogens (primary N) is 12. The van der Waals surface area contributed by atoms with Crippen molar-refractivity contribution in [2.24, 2.45) is 45.9 Å². The molecular formula is C9H26N12O8. The Labute approximate surface area is 162 Å². The van der Waals surface area contributed by atoms with Crippen LogP contribution in [0.4, 0.5) is 0 Å². The molecule has 0 aromatic carbocycles. The second-order valence-electron chi connectivity index (χ2n) is 3.50. The predicted octanol–water partition coefficient (Wildman–Crippen LogP) is -18.6. The number of hydrogen-bond donors (Lipinski definition) is 12. The molecular weight excluding hydrogens is 404 g/mol. The van der Waals surface area contributed by atoms with Crippen LogP contribution in [0.25, 0.3) is 0 Å². The van der Waals surface area contributed by atoms with Gasteiger partial charge in [-0.05, 0) is 0 Å². The van der Waals surface area contributed by atoms with Gasteiger partial charge in [0.25, 0.3) is 0 Å². The van der Waals surface area contributed by atoms with Crippen molar-refractivity contribution in [1.29, 1.82) is 0 Å². The van der Waals surface area contributed by atoms with E-state index in [2.05, 4.69) is 67.5 Å². The van der Waals surface area contributed by atoms with E-state index in [-0.39, 0.29) is 23.8 Å². The van der Waals surface area contributed by atoms with Gasteiger partial charge < -0.3 is 39.6 Å². The van der Waals surface area contributed by atoms with E-state index in [0.717, 1.165) is 0 Å². The number of carboxylic acids is 4. The van der Waals surface area contributed by atoms with Crippen LogP contribution in [-0.2, 0) is 19.2 Å². The topological polar surface area (TPSA) is 471 Å². The van der Waals surface area contributed by atoms with Crippen LogP contribution in [0.3, 0.4) is 0 Å². The second-order valence-corrected chi connectivity index (χ2v) is 3.50. The van der Waals surface area contributed by atoms with E-state index in [1.807, 2.05) is 0 Å². The second kappa shape index (κ2) is 27.8. The van der Waals surface area contributed by atoms with Gasteiger partial charge in [0.2, 0.25) is 0 Å². The van der Waals surface area contributed by atoms with Crippen molar-refractivity contribution >= 4 is 47.7 Å². The van der Waals surface area contributed by atoms with Crippen LogP contribution in [0, 0.1) is 0 Å². The Hall–Kier alpha value is -5.04.